The molecule has 8 heteroatoms. The van der Waals surface area contributed by atoms with E-state index in [1.54, 1.807) is 13.0 Å². The molecular weight excluding hydrogens is 256 g/mol. The van der Waals surface area contributed by atoms with Crippen molar-refractivity contribution in [3.05, 3.63) is 17.5 Å². The van der Waals surface area contributed by atoms with Crippen molar-refractivity contribution in [2.24, 2.45) is 0 Å². The zero-order chi connectivity index (χ0) is 13.1. The van der Waals surface area contributed by atoms with Crippen LogP contribution in [0.5, 0.6) is 0 Å². The van der Waals surface area contributed by atoms with Crippen LogP contribution in [0.1, 0.15) is 13.8 Å². The summed E-state index contributed by atoms with van der Waals surface area (Å²) in [4.78, 5) is 19.6. The molecule has 0 bridgehead atoms. The van der Waals surface area contributed by atoms with Crippen LogP contribution in [0.2, 0.25) is 5.15 Å². The summed E-state index contributed by atoms with van der Waals surface area (Å²) in [6.07, 6.45) is 1.38. The molecule has 18 heavy (non-hydrogen) atoms. The summed E-state index contributed by atoms with van der Waals surface area (Å²) < 4.78 is 1.49. The molecule has 2 heterocycles. The SMILES string of the molecule is CCNC(=O)C(C)Nc1cc(Cl)nc2ncnn12. The smallest absolute Gasteiger partial charge is 0.255 e. The molecule has 0 aliphatic rings. The molecule has 0 saturated carbocycles. The average Bonchev–Trinajstić information content (AvgIpc) is 2.77. The van der Waals surface area contributed by atoms with Gasteiger partial charge in [-0.15, -0.1) is 0 Å². The van der Waals surface area contributed by atoms with Gasteiger partial charge in [-0.2, -0.15) is 19.6 Å². The zero-order valence-electron chi connectivity index (χ0n) is 10.0. The summed E-state index contributed by atoms with van der Waals surface area (Å²) in [5, 5.41) is 10.0. The molecule has 0 spiro atoms. The Balaban J connectivity index is 2.25. The highest BCUT2D eigenvalue weighted by Gasteiger charge is 2.14. The number of halogens is 1. The molecule has 1 atom stereocenters. The van der Waals surface area contributed by atoms with Gasteiger partial charge in [0, 0.05) is 12.6 Å². The van der Waals surface area contributed by atoms with Crippen molar-refractivity contribution in [3.8, 4) is 0 Å². The van der Waals surface area contributed by atoms with E-state index in [0.29, 0.717) is 23.3 Å². The highest BCUT2D eigenvalue weighted by molar-refractivity contribution is 6.29. The monoisotopic (exact) mass is 268 g/mol. The number of likely N-dealkylation sites (N-methyl/N-ethyl adjacent to an activating group) is 1. The third-order valence-electron chi connectivity index (χ3n) is 2.33. The molecule has 0 saturated heterocycles. The third kappa shape index (κ3) is 2.51. The first-order chi connectivity index (χ1) is 8.61. The minimum absolute atomic E-state index is 0.0984. The van der Waals surface area contributed by atoms with Gasteiger partial charge in [0.1, 0.15) is 23.3 Å². The summed E-state index contributed by atoms with van der Waals surface area (Å²) in [5.41, 5.74) is 0. The van der Waals surface area contributed by atoms with E-state index in [-0.39, 0.29) is 5.91 Å². The highest BCUT2D eigenvalue weighted by atomic mass is 35.5. The maximum absolute atomic E-state index is 11.6. The lowest BCUT2D eigenvalue weighted by Crippen LogP contribution is -2.37. The van der Waals surface area contributed by atoms with Crippen molar-refractivity contribution in [3.63, 3.8) is 0 Å². The van der Waals surface area contributed by atoms with Crippen molar-refractivity contribution in [2.45, 2.75) is 19.9 Å². The van der Waals surface area contributed by atoms with Crippen LogP contribution in [0.25, 0.3) is 5.78 Å². The van der Waals surface area contributed by atoms with Gasteiger partial charge in [0.05, 0.1) is 0 Å². The number of rotatable bonds is 4. The Morgan fingerprint density at radius 3 is 3.11 bits per heavy atom. The molecule has 2 aromatic rings. The van der Waals surface area contributed by atoms with Gasteiger partial charge in [0.15, 0.2) is 0 Å². The molecule has 7 nitrogen and oxygen atoms in total. The van der Waals surface area contributed by atoms with Gasteiger partial charge < -0.3 is 10.6 Å². The summed E-state index contributed by atoms with van der Waals surface area (Å²) >= 11 is 5.87. The Morgan fingerprint density at radius 1 is 1.61 bits per heavy atom. The topological polar surface area (TPSA) is 84.2 Å². The lowest BCUT2D eigenvalue weighted by molar-refractivity contribution is -0.121. The second kappa shape index (κ2) is 5.18. The molecule has 0 aliphatic heterocycles. The average molecular weight is 269 g/mol. The van der Waals surface area contributed by atoms with Gasteiger partial charge in [0.2, 0.25) is 5.91 Å². The van der Waals surface area contributed by atoms with Crippen molar-refractivity contribution < 1.29 is 4.79 Å². The Bertz CT molecular complexity index is 568. The maximum atomic E-state index is 11.6. The fourth-order valence-corrected chi connectivity index (χ4v) is 1.68. The molecular formula is C10H13ClN6O. The van der Waals surface area contributed by atoms with Crippen LogP contribution >= 0.6 is 11.6 Å². The quantitative estimate of drug-likeness (QED) is 0.798. The summed E-state index contributed by atoms with van der Waals surface area (Å²) in [6, 6.07) is 1.19. The van der Waals surface area contributed by atoms with Gasteiger partial charge in [-0.1, -0.05) is 11.6 Å². The van der Waals surface area contributed by atoms with Crippen LogP contribution in [-0.4, -0.2) is 38.1 Å². The van der Waals surface area contributed by atoms with Crippen molar-refractivity contribution in [1.29, 1.82) is 0 Å². The van der Waals surface area contributed by atoms with E-state index in [1.165, 1.54) is 10.8 Å². The molecule has 0 fully saturated rings. The van der Waals surface area contributed by atoms with Gasteiger partial charge in [-0.25, -0.2) is 0 Å². The number of carbonyl (C=O) groups is 1. The largest absolute Gasteiger partial charge is 0.358 e. The van der Waals surface area contributed by atoms with Gasteiger partial charge >= 0.3 is 0 Å². The van der Waals surface area contributed by atoms with E-state index >= 15 is 0 Å². The molecule has 1 unspecified atom stereocenters. The predicted molar refractivity (Wildman–Crippen MR) is 67.6 cm³/mol. The lowest BCUT2D eigenvalue weighted by Gasteiger charge is -2.15. The third-order valence-corrected chi connectivity index (χ3v) is 2.52. The summed E-state index contributed by atoms with van der Waals surface area (Å²) in [7, 11) is 0. The van der Waals surface area contributed by atoms with E-state index in [9.17, 15) is 4.79 Å². The molecule has 96 valence electrons. The number of carbonyl (C=O) groups excluding carboxylic acids is 1. The fraction of sp³-hybridized carbons (Fsp3) is 0.400. The minimum atomic E-state index is -0.407. The van der Waals surface area contributed by atoms with Gasteiger partial charge in [-0.05, 0) is 13.8 Å². The van der Waals surface area contributed by atoms with Crippen LogP contribution in [-0.2, 0) is 4.79 Å². The number of hydrogen-bond acceptors (Lipinski definition) is 5. The Morgan fingerprint density at radius 2 is 2.39 bits per heavy atom. The summed E-state index contributed by atoms with van der Waals surface area (Å²) in [6.45, 7) is 4.20. The first-order valence-electron chi connectivity index (χ1n) is 5.52. The highest BCUT2D eigenvalue weighted by Crippen LogP contribution is 2.15. The van der Waals surface area contributed by atoms with Crippen molar-refractivity contribution >= 4 is 29.1 Å². The van der Waals surface area contributed by atoms with Crippen LogP contribution in [0.4, 0.5) is 5.82 Å². The van der Waals surface area contributed by atoms with Crippen LogP contribution in [0.15, 0.2) is 12.4 Å². The fourth-order valence-electron chi connectivity index (χ4n) is 1.50. The van der Waals surface area contributed by atoms with E-state index in [4.69, 9.17) is 11.6 Å². The number of aromatic nitrogens is 4. The number of amides is 1. The van der Waals surface area contributed by atoms with Crippen LogP contribution < -0.4 is 10.6 Å². The second-order valence-corrected chi connectivity index (χ2v) is 4.08. The first kappa shape index (κ1) is 12.6. The molecule has 0 radical (unpaired) electrons. The minimum Gasteiger partial charge on any atom is -0.358 e. The molecule has 2 rings (SSSR count). The van der Waals surface area contributed by atoms with Crippen molar-refractivity contribution in [1.82, 2.24) is 24.9 Å². The Hall–Kier alpha value is -1.89. The van der Waals surface area contributed by atoms with Gasteiger partial charge in [0.25, 0.3) is 5.78 Å². The van der Waals surface area contributed by atoms with E-state index in [0.717, 1.165) is 0 Å². The number of hydrogen-bond donors (Lipinski definition) is 2. The number of fused-ring (bicyclic) bond motifs is 1. The number of anilines is 1. The van der Waals surface area contributed by atoms with Crippen LogP contribution in [0.3, 0.4) is 0 Å². The Kier molecular flexibility index (Phi) is 3.61. The predicted octanol–water partition coefficient (Wildman–Crippen LogP) is 0.714. The standard InChI is InChI=1S/C10H13ClN6O/c1-3-12-9(18)6(2)15-8-4-7(11)16-10-13-5-14-17(8)10/h4-6,15H,3H2,1-2H3,(H,12,18). The van der Waals surface area contributed by atoms with E-state index < -0.39 is 6.04 Å². The maximum Gasteiger partial charge on any atom is 0.255 e. The normalized spacial score (nSPS) is 12.4. The molecule has 0 aliphatic carbocycles. The lowest BCUT2D eigenvalue weighted by atomic mass is 10.3. The number of nitrogens with one attached hydrogen (secondary N) is 2. The molecule has 2 aromatic heterocycles. The molecule has 1 amide bonds. The van der Waals surface area contributed by atoms with E-state index in [1.807, 2.05) is 6.92 Å². The first-order valence-corrected chi connectivity index (χ1v) is 5.90. The molecule has 2 N–H and O–H groups in total. The number of nitrogens with zero attached hydrogens (tertiary/aromatic N) is 4. The Labute approximate surface area is 109 Å². The molecule has 0 aromatic carbocycles. The van der Waals surface area contributed by atoms with Crippen LogP contribution in [0, 0.1) is 0 Å². The van der Waals surface area contributed by atoms with Gasteiger partial charge in [-0.3, -0.25) is 4.79 Å². The zero-order valence-corrected chi connectivity index (χ0v) is 10.8. The van der Waals surface area contributed by atoms with Crippen molar-refractivity contribution in [2.75, 3.05) is 11.9 Å². The second-order valence-electron chi connectivity index (χ2n) is 3.70. The van der Waals surface area contributed by atoms with E-state index in [2.05, 4.69) is 25.7 Å². The summed E-state index contributed by atoms with van der Waals surface area (Å²) in [5.74, 6) is 0.855.